The Morgan fingerprint density at radius 2 is 2.22 bits per heavy atom. The van der Waals surface area contributed by atoms with Gasteiger partial charge in [0.05, 0.1) is 5.38 Å². The van der Waals surface area contributed by atoms with Gasteiger partial charge >= 0.3 is 0 Å². The van der Waals surface area contributed by atoms with E-state index in [1.54, 1.807) is 0 Å². The smallest absolute Gasteiger partial charge is 0.253 e. The summed E-state index contributed by atoms with van der Waals surface area (Å²) < 4.78 is 0.973. The maximum Gasteiger partial charge on any atom is 0.253 e. The molecule has 1 aromatic rings. The Labute approximate surface area is 121 Å². The van der Waals surface area contributed by atoms with E-state index in [0.29, 0.717) is 12.5 Å². The summed E-state index contributed by atoms with van der Waals surface area (Å²) in [5.74, 6) is 0.564. The highest BCUT2D eigenvalue weighted by Crippen LogP contribution is 2.24. The molecule has 0 saturated carbocycles. The molecule has 2 atom stereocenters. The SMILES string of the molecule is Cc1ccc(C(=O)N2CCC(C)C(Cl)C2)cc1Br. The number of halogens is 2. The van der Waals surface area contributed by atoms with Gasteiger partial charge in [-0.25, -0.2) is 0 Å². The number of piperidine rings is 1. The van der Waals surface area contributed by atoms with Crippen LogP contribution in [0.4, 0.5) is 0 Å². The highest BCUT2D eigenvalue weighted by Gasteiger charge is 2.27. The van der Waals surface area contributed by atoms with Crippen molar-refractivity contribution in [2.24, 2.45) is 5.92 Å². The van der Waals surface area contributed by atoms with E-state index < -0.39 is 0 Å². The zero-order valence-electron chi connectivity index (χ0n) is 10.6. The van der Waals surface area contributed by atoms with E-state index in [-0.39, 0.29) is 11.3 Å². The molecule has 1 aromatic carbocycles. The van der Waals surface area contributed by atoms with Crippen LogP contribution in [0.5, 0.6) is 0 Å². The van der Waals surface area contributed by atoms with Crippen molar-refractivity contribution in [2.75, 3.05) is 13.1 Å². The first-order valence-corrected chi connectivity index (χ1v) is 7.41. The lowest BCUT2D eigenvalue weighted by Crippen LogP contribution is -2.43. The number of amides is 1. The molecule has 0 N–H and O–H groups in total. The number of likely N-dealkylation sites (tertiary alicyclic amines) is 1. The van der Waals surface area contributed by atoms with Crippen molar-refractivity contribution in [3.63, 3.8) is 0 Å². The van der Waals surface area contributed by atoms with Gasteiger partial charge in [-0.3, -0.25) is 4.79 Å². The lowest BCUT2D eigenvalue weighted by Gasteiger charge is -2.34. The highest BCUT2D eigenvalue weighted by atomic mass is 79.9. The molecule has 1 heterocycles. The van der Waals surface area contributed by atoms with Crippen LogP contribution in [0.3, 0.4) is 0 Å². The van der Waals surface area contributed by atoms with Crippen LogP contribution >= 0.6 is 27.5 Å². The van der Waals surface area contributed by atoms with E-state index in [0.717, 1.165) is 28.6 Å². The van der Waals surface area contributed by atoms with Gasteiger partial charge in [0.25, 0.3) is 5.91 Å². The Kier molecular flexibility index (Phi) is 4.33. The molecule has 2 rings (SSSR count). The molecule has 1 fully saturated rings. The van der Waals surface area contributed by atoms with Crippen molar-refractivity contribution < 1.29 is 4.79 Å². The molecule has 18 heavy (non-hydrogen) atoms. The number of rotatable bonds is 1. The maximum atomic E-state index is 12.4. The Balaban J connectivity index is 2.14. The number of benzene rings is 1. The number of carbonyl (C=O) groups excluding carboxylic acids is 1. The number of alkyl halides is 1. The molecule has 0 aromatic heterocycles. The Morgan fingerprint density at radius 3 is 2.83 bits per heavy atom. The fourth-order valence-corrected chi connectivity index (χ4v) is 2.79. The van der Waals surface area contributed by atoms with Crippen molar-refractivity contribution in [2.45, 2.75) is 25.6 Å². The number of aryl methyl sites for hydroxylation is 1. The lowest BCUT2D eigenvalue weighted by atomic mass is 9.98. The summed E-state index contributed by atoms with van der Waals surface area (Å²) in [5.41, 5.74) is 1.86. The molecule has 1 amide bonds. The van der Waals surface area contributed by atoms with Gasteiger partial charge in [0.2, 0.25) is 0 Å². The fraction of sp³-hybridized carbons (Fsp3) is 0.500. The van der Waals surface area contributed by atoms with Gasteiger partial charge in [-0.15, -0.1) is 11.6 Å². The van der Waals surface area contributed by atoms with Crippen LogP contribution in [0.2, 0.25) is 0 Å². The normalized spacial score (nSPS) is 24.1. The van der Waals surface area contributed by atoms with Gasteiger partial charge in [-0.05, 0) is 37.0 Å². The van der Waals surface area contributed by atoms with E-state index in [4.69, 9.17) is 11.6 Å². The minimum Gasteiger partial charge on any atom is -0.337 e. The topological polar surface area (TPSA) is 20.3 Å². The second kappa shape index (κ2) is 5.62. The summed E-state index contributed by atoms with van der Waals surface area (Å²) in [5, 5.41) is 0.0663. The highest BCUT2D eigenvalue weighted by molar-refractivity contribution is 9.10. The number of hydrogen-bond acceptors (Lipinski definition) is 1. The minimum atomic E-state index is 0.0663. The Morgan fingerprint density at radius 1 is 1.50 bits per heavy atom. The minimum absolute atomic E-state index is 0.0663. The summed E-state index contributed by atoms with van der Waals surface area (Å²) in [6.45, 7) is 5.60. The average molecular weight is 331 g/mol. The molecule has 0 spiro atoms. The zero-order valence-corrected chi connectivity index (χ0v) is 13.0. The summed E-state index contributed by atoms with van der Waals surface area (Å²) in [6, 6.07) is 5.73. The fourth-order valence-electron chi connectivity index (χ4n) is 2.12. The zero-order chi connectivity index (χ0) is 13.3. The van der Waals surface area contributed by atoms with Gasteiger partial charge in [-0.2, -0.15) is 0 Å². The molecule has 2 nitrogen and oxygen atoms in total. The molecular weight excluding hydrogens is 314 g/mol. The Hall–Kier alpha value is -0.540. The van der Waals surface area contributed by atoms with Gasteiger partial charge in [0, 0.05) is 23.1 Å². The molecule has 0 radical (unpaired) electrons. The van der Waals surface area contributed by atoms with Gasteiger partial charge in [-0.1, -0.05) is 28.9 Å². The molecule has 0 bridgehead atoms. The molecule has 1 aliphatic heterocycles. The largest absolute Gasteiger partial charge is 0.337 e. The molecular formula is C14H17BrClNO. The Bertz CT molecular complexity index is 463. The summed E-state index contributed by atoms with van der Waals surface area (Å²) in [4.78, 5) is 14.2. The standard InChI is InChI=1S/C14H17BrClNO/c1-9-3-4-11(7-12(9)15)14(18)17-6-5-10(2)13(16)8-17/h3-4,7,10,13H,5-6,8H2,1-2H3. The molecule has 4 heteroatoms. The first-order valence-electron chi connectivity index (χ1n) is 6.18. The molecule has 0 aliphatic carbocycles. The van der Waals surface area contributed by atoms with E-state index in [1.807, 2.05) is 30.0 Å². The maximum absolute atomic E-state index is 12.4. The molecule has 1 aliphatic rings. The van der Waals surface area contributed by atoms with Crippen molar-refractivity contribution in [3.05, 3.63) is 33.8 Å². The first-order chi connectivity index (χ1) is 8.49. The van der Waals surface area contributed by atoms with Crippen LogP contribution in [0, 0.1) is 12.8 Å². The van der Waals surface area contributed by atoms with Crippen LogP contribution in [-0.2, 0) is 0 Å². The van der Waals surface area contributed by atoms with Crippen LogP contribution in [0.25, 0.3) is 0 Å². The second-order valence-corrected chi connectivity index (χ2v) is 6.41. The lowest BCUT2D eigenvalue weighted by molar-refractivity contribution is 0.0701. The van der Waals surface area contributed by atoms with Crippen LogP contribution in [0.1, 0.15) is 29.3 Å². The van der Waals surface area contributed by atoms with Crippen LogP contribution in [-0.4, -0.2) is 29.3 Å². The van der Waals surface area contributed by atoms with E-state index >= 15 is 0 Å². The molecule has 1 saturated heterocycles. The predicted octanol–water partition coefficient (Wildman–Crippen LogP) is 3.85. The second-order valence-electron chi connectivity index (χ2n) is 5.00. The van der Waals surface area contributed by atoms with E-state index in [9.17, 15) is 4.79 Å². The molecule has 2 unspecified atom stereocenters. The predicted molar refractivity (Wildman–Crippen MR) is 78.2 cm³/mol. The monoisotopic (exact) mass is 329 g/mol. The number of nitrogens with zero attached hydrogens (tertiary/aromatic N) is 1. The van der Waals surface area contributed by atoms with Crippen molar-refractivity contribution >= 4 is 33.4 Å². The van der Waals surface area contributed by atoms with Crippen molar-refractivity contribution in [1.82, 2.24) is 4.90 Å². The summed E-state index contributed by atoms with van der Waals surface area (Å²) in [7, 11) is 0. The third kappa shape index (κ3) is 2.89. The number of hydrogen-bond donors (Lipinski definition) is 0. The average Bonchev–Trinajstić information content (AvgIpc) is 2.35. The van der Waals surface area contributed by atoms with Gasteiger partial charge in [0.15, 0.2) is 0 Å². The number of carbonyl (C=O) groups is 1. The molecule has 98 valence electrons. The van der Waals surface area contributed by atoms with Crippen molar-refractivity contribution in [1.29, 1.82) is 0 Å². The van der Waals surface area contributed by atoms with Crippen LogP contribution in [0.15, 0.2) is 22.7 Å². The van der Waals surface area contributed by atoms with Gasteiger partial charge < -0.3 is 4.90 Å². The van der Waals surface area contributed by atoms with Gasteiger partial charge in [0.1, 0.15) is 0 Å². The van der Waals surface area contributed by atoms with Crippen molar-refractivity contribution in [3.8, 4) is 0 Å². The van der Waals surface area contributed by atoms with E-state index in [1.165, 1.54) is 0 Å². The summed E-state index contributed by atoms with van der Waals surface area (Å²) in [6.07, 6.45) is 0.979. The van der Waals surface area contributed by atoms with E-state index in [2.05, 4.69) is 22.9 Å². The quantitative estimate of drug-likeness (QED) is 0.716. The first kappa shape index (κ1) is 13.9. The third-order valence-electron chi connectivity index (χ3n) is 3.57. The third-order valence-corrected chi connectivity index (χ3v) is 5.00. The summed E-state index contributed by atoms with van der Waals surface area (Å²) >= 11 is 9.71. The van der Waals surface area contributed by atoms with Crippen LogP contribution < -0.4 is 0 Å².